The zero-order valence-corrected chi connectivity index (χ0v) is 15.6. The van der Waals surface area contributed by atoms with Crippen molar-refractivity contribution < 1.29 is 9.53 Å². The SMILES string of the molecule is Cn1c(C(=O)N(CC2CCC2)C[C@@H]2CCCO2)ccc1-c1ccccc1. The molecule has 138 valence electrons. The number of ether oxygens (including phenoxy) is 1. The van der Waals surface area contributed by atoms with Gasteiger partial charge in [0.05, 0.1) is 6.10 Å². The Hall–Kier alpha value is -2.07. The summed E-state index contributed by atoms with van der Waals surface area (Å²) in [5.41, 5.74) is 2.98. The van der Waals surface area contributed by atoms with Crippen LogP contribution in [0.25, 0.3) is 11.3 Å². The van der Waals surface area contributed by atoms with Gasteiger partial charge in [-0.05, 0) is 49.3 Å². The minimum Gasteiger partial charge on any atom is -0.376 e. The molecule has 0 N–H and O–H groups in total. The van der Waals surface area contributed by atoms with Gasteiger partial charge in [0, 0.05) is 32.4 Å². The molecule has 1 aromatic heterocycles. The summed E-state index contributed by atoms with van der Waals surface area (Å²) < 4.78 is 7.84. The Kier molecular flexibility index (Phi) is 5.11. The van der Waals surface area contributed by atoms with Gasteiger partial charge in [0.15, 0.2) is 0 Å². The van der Waals surface area contributed by atoms with Gasteiger partial charge in [-0.2, -0.15) is 0 Å². The number of amides is 1. The molecule has 1 aromatic carbocycles. The highest BCUT2D eigenvalue weighted by Crippen LogP contribution is 2.29. The molecule has 4 heteroatoms. The summed E-state index contributed by atoms with van der Waals surface area (Å²) in [4.78, 5) is 15.4. The summed E-state index contributed by atoms with van der Waals surface area (Å²) in [5, 5.41) is 0. The lowest BCUT2D eigenvalue weighted by Crippen LogP contribution is -2.42. The molecule has 0 unspecified atom stereocenters. The molecule has 1 aliphatic heterocycles. The van der Waals surface area contributed by atoms with E-state index in [0.717, 1.165) is 49.5 Å². The summed E-state index contributed by atoms with van der Waals surface area (Å²) >= 11 is 0. The van der Waals surface area contributed by atoms with Gasteiger partial charge in [-0.15, -0.1) is 0 Å². The van der Waals surface area contributed by atoms with Gasteiger partial charge < -0.3 is 14.2 Å². The quantitative estimate of drug-likeness (QED) is 0.784. The van der Waals surface area contributed by atoms with E-state index in [1.807, 2.05) is 40.8 Å². The number of carbonyl (C=O) groups excluding carboxylic acids is 1. The normalized spacial score (nSPS) is 20.1. The predicted octanol–water partition coefficient (Wildman–Crippen LogP) is 4.11. The van der Waals surface area contributed by atoms with Crippen LogP contribution in [0.3, 0.4) is 0 Å². The fourth-order valence-corrected chi connectivity index (χ4v) is 4.05. The third kappa shape index (κ3) is 3.56. The smallest absolute Gasteiger partial charge is 0.270 e. The predicted molar refractivity (Wildman–Crippen MR) is 103 cm³/mol. The minimum absolute atomic E-state index is 0.136. The fraction of sp³-hybridized carbons (Fsp3) is 0.500. The summed E-state index contributed by atoms with van der Waals surface area (Å²) in [5.74, 6) is 0.797. The number of nitrogens with zero attached hydrogens (tertiary/aromatic N) is 2. The van der Waals surface area contributed by atoms with Crippen LogP contribution in [0.15, 0.2) is 42.5 Å². The Morgan fingerprint density at radius 2 is 1.88 bits per heavy atom. The van der Waals surface area contributed by atoms with Gasteiger partial charge in [0.25, 0.3) is 5.91 Å². The molecule has 1 atom stereocenters. The van der Waals surface area contributed by atoms with Crippen molar-refractivity contribution in [3.05, 3.63) is 48.2 Å². The summed E-state index contributed by atoms with van der Waals surface area (Å²) in [6.07, 6.45) is 6.17. The Balaban J connectivity index is 1.55. The van der Waals surface area contributed by atoms with Crippen molar-refractivity contribution in [3.63, 3.8) is 0 Å². The molecule has 1 saturated heterocycles. The van der Waals surface area contributed by atoms with Crippen LogP contribution in [0.5, 0.6) is 0 Å². The first-order chi connectivity index (χ1) is 12.7. The van der Waals surface area contributed by atoms with Gasteiger partial charge in [-0.3, -0.25) is 4.79 Å². The van der Waals surface area contributed by atoms with Crippen LogP contribution in [0.2, 0.25) is 0 Å². The molecule has 2 fully saturated rings. The van der Waals surface area contributed by atoms with Crippen LogP contribution < -0.4 is 0 Å². The van der Waals surface area contributed by atoms with Crippen molar-refractivity contribution in [1.82, 2.24) is 9.47 Å². The van der Waals surface area contributed by atoms with Gasteiger partial charge in [0.1, 0.15) is 5.69 Å². The molecule has 0 radical (unpaired) electrons. The lowest BCUT2D eigenvalue weighted by molar-refractivity contribution is 0.0441. The van der Waals surface area contributed by atoms with Gasteiger partial charge in [0.2, 0.25) is 0 Å². The van der Waals surface area contributed by atoms with Gasteiger partial charge in [-0.1, -0.05) is 36.8 Å². The van der Waals surface area contributed by atoms with Gasteiger partial charge >= 0.3 is 0 Å². The first-order valence-corrected chi connectivity index (χ1v) is 9.84. The average Bonchev–Trinajstić information content (AvgIpc) is 3.26. The molecule has 0 bridgehead atoms. The summed E-state index contributed by atoms with van der Waals surface area (Å²) in [7, 11) is 1.99. The molecule has 1 amide bonds. The number of carbonyl (C=O) groups is 1. The maximum absolute atomic E-state index is 13.3. The maximum atomic E-state index is 13.3. The van der Waals surface area contributed by atoms with Crippen LogP contribution in [0.4, 0.5) is 0 Å². The van der Waals surface area contributed by atoms with E-state index in [1.165, 1.54) is 19.3 Å². The Morgan fingerprint density at radius 3 is 2.54 bits per heavy atom. The highest BCUT2D eigenvalue weighted by atomic mass is 16.5. The van der Waals surface area contributed by atoms with Crippen molar-refractivity contribution >= 4 is 5.91 Å². The van der Waals surface area contributed by atoms with Crippen molar-refractivity contribution in [2.75, 3.05) is 19.7 Å². The molecule has 1 aliphatic carbocycles. The van der Waals surface area contributed by atoms with Crippen LogP contribution in [-0.4, -0.2) is 41.2 Å². The molecule has 26 heavy (non-hydrogen) atoms. The van der Waals surface area contributed by atoms with Crippen LogP contribution in [0, 0.1) is 5.92 Å². The first kappa shape index (κ1) is 17.3. The van der Waals surface area contributed by atoms with Gasteiger partial charge in [-0.25, -0.2) is 0 Å². The largest absolute Gasteiger partial charge is 0.376 e. The van der Waals surface area contributed by atoms with E-state index >= 15 is 0 Å². The highest BCUT2D eigenvalue weighted by Gasteiger charge is 2.29. The van der Waals surface area contributed by atoms with Crippen molar-refractivity contribution in [3.8, 4) is 11.3 Å². The van der Waals surface area contributed by atoms with E-state index in [-0.39, 0.29) is 12.0 Å². The Labute approximate surface area is 155 Å². The third-order valence-electron chi connectivity index (χ3n) is 5.85. The Morgan fingerprint density at radius 1 is 1.08 bits per heavy atom. The first-order valence-electron chi connectivity index (χ1n) is 9.84. The van der Waals surface area contributed by atoms with Crippen molar-refractivity contribution in [2.24, 2.45) is 13.0 Å². The number of hydrogen-bond acceptors (Lipinski definition) is 2. The van der Waals surface area contributed by atoms with Crippen molar-refractivity contribution in [1.29, 1.82) is 0 Å². The Bertz CT molecular complexity index is 743. The van der Waals surface area contributed by atoms with E-state index in [4.69, 9.17) is 4.74 Å². The fourth-order valence-electron chi connectivity index (χ4n) is 4.05. The molecule has 4 nitrogen and oxygen atoms in total. The molecule has 2 aliphatic rings. The van der Waals surface area contributed by atoms with E-state index in [0.29, 0.717) is 5.92 Å². The second-order valence-corrected chi connectivity index (χ2v) is 7.67. The maximum Gasteiger partial charge on any atom is 0.270 e. The van der Waals surface area contributed by atoms with E-state index in [2.05, 4.69) is 18.2 Å². The van der Waals surface area contributed by atoms with Crippen molar-refractivity contribution in [2.45, 2.75) is 38.2 Å². The highest BCUT2D eigenvalue weighted by molar-refractivity contribution is 5.94. The molecular formula is C22H28N2O2. The number of hydrogen-bond donors (Lipinski definition) is 0. The molecular weight excluding hydrogens is 324 g/mol. The molecule has 0 spiro atoms. The number of rotatable bonds is 6. The number of aromatic nitrogens is 1. The third-order valence-corrected chi connectivity index (χ3v) is 5.85. The molecule has 1 saturated carbocycles. The van der Waals surface area contributed by atoms with E-state index in [9.17, 15) is 4.79 Å². The van der Waals surface area contributed by atoms with Crippen LogP contribution in [-0.2, 0) is 11.8 Å². The molecule has 4 rings (SSSR count). The monoisotopic (exact) mass is 352 g/mol. The number of benzene rings is 1. The average molecular weight is 352 g/mol. The van der Waals surface area contributed by atoms with E-state index < -0.39 is 0 Å². The second kappa shape index (κ2) is 7.67. The zero-order valence-electron chi connectivity index (χ0n) is 15.6. The second-order valence-electron chi connectivity index (χ2n) is 7.67. The van der Waals surface area contributed by atoms with Crippen LogP contribution in [0.1, 0.15) is 42.6 Å². The minimum atomic E-state index is 0.136. The molecule has 2 aromatic rings. The molecule has 2 heterocycles. The topological polar surface area (TPSA) is 34.5 Å². The van der Waals surface area contributed by atoms with Crippen LogP contribution >= 0.6 is 0 Å². The lowest BCUT2D eigenvalue weighted by Gasteiger charge is -2.33. The van der Waals surface area contributed by atoms with E-state index in [1.54, 1.807) is 0 Å². The summed E-state index contributed by atoms with van der Waals surface area (Å²) in [6, 6.07) is 14.3. The lowest BCUT2D eigenvalue weighted by atomic mass is 9.85. The standard InChI is InChI=1S/C22H28N2O2/c1-23-20(18-9-3-2-4-10-18)12-13-21(23)22(25)24(15-17-7-5-8-17)16-19-11-6-14-26-19/h2-4,9-10,12-13,17,19H,5-8,11,14-16H2,1H3/t19-/m0/s1. The summed E-state index contributed by atoms with van der Waals surface area (Å²) in [6.45, 7) is 2.42. The zero-order chi connectivity index (χ0) is 17.9.